The van der Waals surface area contributed by atoms with Crippen LogP contribution < -0.4 is 5.32 Å². The van der Waals surface area contributed by atoms with E-state index >= 15 is 0 Å². The van der Waals surface area contributed by atoms with Crippen molar-refractivity contribution in [1.82, 2.24) is 25.1 Å². The van der Waals surface area contributed by atoms with Crippen molar-refractivity contribution in [2.45, 2.75) is 63.3 Å². The Kier molecular flexibility index (Phi) is 7.62. The number of aromatic hydroxyl groups is 1. The van der Waals surface area contributed by atoms with Crippen LogP contribution in [0.4, 0.5) is 9.18 Å². The third kappa shape index (κ3) is 5.72. The van der Waals surface area contributed by atoms with Gasteiger partial charge in [0.15, 0.2) is 0 Å². The Morgan fingerprint density at radius 1 is 1.00 bits per heavy atom. The van der Waals surface area contributed by atoms with Gasteiger partial charge in [0, 0.05) is 32.7 Å². The molecular weight excluding hydrogens is 473 g/mol. The van der Waals surface area contributed by atoms with Gasteiger partial charge in [-0.25, -0.2) is 19.2 Å². The first-order valence-corrected chi connectivity index (χ1v) is 13.2. The molecule has 2 heterocycles. The highest BCUT2D eigenvalue weighted by Crippen LogP contribution is 2.31. The molecule has 0 spiro atoms. The Bertz CT molecular complexity index is 1090. The fourth-order valence-corrected chi connectivity index (χ4v) is 6.08. The van der Waals surface area contributed by atoms with Gasteiger partial charge in [-0.15, -0.1) is 0 Å². The van der Waals surface area contributed by atoms with Crippen LogP contribution in [0, 0.1) is 5.82 Å². The molecule has 2 aliphatic heterocycles. The van der Waals surface area contributed by atoms with Gasteiger partial charge in [-0.05, 0) is 54.7 Å². The number of phenolic OH excluding ortho intramolecular Hbond substituents is 1. The molecule has 5 rings (SSSR count). The number of likely N-dealkylation sites (N-methyl/N-ethyl adjacent to an activating group) is 1. The fraction of sp³-hybridized carbons (Fsp3) is 0.500. The van der Waals surface area contributed by atoms with E-state index in [0.29, 0.717) is 19.0 Å². The molecule has 2 aromatic rings. The van der Waals surface area contributed by atoms with E-state index in [9.17, 15) is 19.1 Å². The number of nitrogens with zero attached hydrogens (tertiary/aromatic N) is 4. The maximum Gasteiger partial charge on any atom is 0.334 e. The standard InChI is InChI=1S/C28H36FN5O3/c1-31-19-27(36)33-24(15-20-9-13-25(35)14-10-20)17-32(23-5-3-2-4-6-23)18-26(33)34(31)28(37)30-16-21-7-11-22(29)12-8-21/h7-14,23-24,26,35H,2-6,15-19H2,1H3,(H,30,37)/t24-,26-/m0/s1. The number of rotatable bonds is 5. The normalized spacial score (nSPS) is 23.7. The minimum Gasteiger partial charge on any atom is -0.508 e. The summed E-state index contributed by atoms with van der Waals surface area (Å²) in [5.41, 5.74) is 1.85. The highest BCUT2D eigenvalue weighted by atomic mass is 19.1. The maximum absolute atomic E-state index is 13.5. The van der Waals surface area contributed by atoms with E-state index in [1.54, 1.807) is 41.3 Å². The number of carbonyl (C=O) groups is 2. The van der Waals surface area contributed by atoms with Crippen LogP contribution in [-0.2, 0) is 17.8 Å². The van der Waals surface area contributed by atoms with E-state index in [1.807, 2.05) is 17.0 Å². The molecule has 8 nitrogen and oxygen atoms in total. The van der Waals surface area contributed by atoms with E-state index in [-0.39, 0.29) is 42.6 Å². The SMILES string of the molecule is CN1CC(=O)N2[C@@H](Cc3ccc(O)cc3)CN(C3CCCCC3)C[C@@H]2N1C(=O)NCc1ccc(F)cc1. The highest BCUT2D eigenvalue weighted by Gasteiger charge is 2.48. The second kappa shape index (κ2) is 11.1. The van der Waals surface area contributed by atoms with Gasteiger partial charge in [0.2, 0.25) is 5.91 Å². The number of hydrazine groups is 1. The fourth-order valence-electron chi connectivity index (χ4n) is 6.08. The minimum absolute atomic E-state index is 0.0159. The van der Waals surface area contributed by atoms with Crippen molar-refractivity contribution in [2.24, 2.45) is 0 Å². The lowest BCUT2D eigenvalue weighted by molar-refractivity contribution is -0.182. The number of halogens is 1. The van der Waals surface area contributed by atoms with E-state index < -0.39 is 6.17 Å². The molecule has 2 aromatic carbocycles. The molecule has 37 heavy (non-hydrogen) atoms. The Hall–Kier alpha value is -3.17. The predicted octanol–water partition coefficient (Wildman–Crippen LogP) is 3.32. The molecule has 3 amide bonds. The van der Waals surface area contributed by atoms with Crippen LogP contribution in [0.2, 0.25) is 0 Å². The molecule has 3 fully saturated rings. The molecule has 0 bridgehead atoms. The molecule has 0 unspecified atom stereocenters. The first-order valence-electron chi connectivity index (χ1n) is 13.2. The van der Waals surface area contributed by atoms with Gasteiger partial charge >= 0.3 is 6.03 Å². The summed E-state index contributed by atoms with van der Waals surface area (Å²) < 4.78 is 13.3. The summed E-state index contributed by atoms with van der Waals surface area (Å²) in [4.78, 5) is 31.3. The molecular formula is C28H36FN5O3. The highest BCUT2D eigenvalue weighted by molar-refractivity contribution is 5.83. The van der Waals surface area contributed by atoms with Crippen molar-refractivity contribution < 1.29 is 19.1 Å². The van der Waals surface area contributed by atoms with Crippen molar-refractivity contribution in [3.8, 4) is 5.75 Å². The molecule has 2 atom stereocenters. The number of nitrogens with one attached hydrogen (secondary N) is 1. The summed E-state index contributed by atoms with van der Waals surface area (Å²) >= 11 is 0. The van der Waals surface area contributed by atoms with Gasteiger partial charge in [-0.3, -0.25) is 9.69 Å². The van der Waals surface area contributed by atoms with E-state index in [2.05, 4.69) is 10.2 Å². The van der Waals surface area contributed by atoms with E-state index in [0.717, 1.165) is 30.5 Å². The van der Waals surface area contributed by atoms with E-state index in [4.69, 9.17) is 0 Å². The van der Waals surface area contributed by atoms with Crippen LogP contribution in [0.25, 0.3) is 0 Å². The van der Waals surface area contributed by atoms with Gasteiger partial charge in [-0.1, -0.05) is 43.5 Å². The first-order chi connectivity index (χ1) is 17.9. The van der Waals surface area contributed by atoms with Crippen molar-refractivity contribution in [1.29, 1.82) is 0 Å². The average Bonchev–Trinajstić information content (AvgIpc) is 2.89. The summed E-state index contributed by atoms with van der Waals surface area (Å²) in [6.07, 6.45) is 6.18. The average molecular weight is 510 g/mol. The van der Waals surface area contributed by atoms with E-state index in [1.165, 1.54) is 31.4 Å². The third-order valence-electron chi connectivity index (χ3n) is 7.92. The first kappa shape index (κ1) is 25.5. The smallest absolute Gasteiger partial charge is 0.334 e. The lowest BCUT2D eigenvalue weighted by Gasteiger charge is -2.56. The molecule has 1 saturated carbocycles. The van der Waals surface area contributed by atoms with Crippen molar-refractivity contribution >= 4 is 11.9 Å². The molecule has 2 N–H and O–H groups in total. The lowest BCUT2D eigenvalue weighted by Crippen LogP contribution is -2.75. The molecule has 2 saturated heterocycles. The second-order valence-corrected chi connectivity index (χ2v) is 10.5. The number of hydrogen-bond acceptors (Lipinski definition) is 5. The number of phenols is 1. The van der Waals surface area contributed by atoms with Crippen LogP contribution in [0.15, 0.2) is 48.5 Å². The number of urea groups is 1. The van der Waals surface area contributed by atoms with Gasteiger partial charge in [0.05, 0.1) is 12.6 Å². The second-order valence-electron chi connectivity index (χ2n) is 10.5. The van der Waals surface area contributed by atoms with Crippen LogP contribution in [-0.4, -0.2) is 81.8 Å². The third-order valence-corrected chi connectivity index (χ3v) is 7.92. The summed E-state index contributed by atoms with van der Waals surface area (Å²) in [5, 5.41) is 16.1. The van der Waals surface area contributed by atoms with Crippen molar-refractivity contribution in [3.05, 3.63) is 65.5 Å². The number of benzene rings is 2. The van der Waals surface area contributed by atoms with Gasteiger partial charge in [0.1, 0.15) is 17.7 Å². The largest absolute Gasteiger partial charge is 0.508 e. The van der Waals surface area contributed by atoms with Gasteiger partial charge < -0.3 is 15.3 Å². The van der Waals surface area contributed by atoms with Gasteiger partial charge in [-0.2, -0.15) is 0 Å². The molecule has 1 aliphatic carbocycles. The number of carbonyl (C=O) groups excluding carboxylic acids is 2. The molecule has 198 valence electrons. The number of amides is 3. The number of piperazine rings is 1. The molecule has 0 radical (unpaired) electrons. The predicted molar refractivity (Wildman–Crippen MR) is 138 cm³/mol. The Balaban J connectivity index is 1.39. The maximum atomic E-state index is 13.5. The monoisotopic (exact) mass is 509 g/mol. The molecule has 3 aliphatic rings. The lowest BCUT2D eigenvalue weighted by atomic mass is 9.91. The molecule has 9 heteroatoms. The van der Waals surface area contributed by atoms with Crippen LogP contribution in [0.1, 0.15) is 43.2 Å². The van der Waals surface area contributed by atoms with Crippen LogP contribution >= 0.6 is 0 Å². The van der Waals surface area contributed by atoms with Crippen LogP contribution in [0.5, 0.6) is 5.75 Å². The summed E-state index contributed by atoms with van der Waals surface area (Å²) in [6.45, 7) is 1.77. The Morgan fingerprint density at radius 3 is 2.38 bits per heavy atom. The quantitative estimate of drug-likeness (QED) is 0.647. The van der Waals surface area contributed by atoms with Gasteiger partial charge in [0.25, 0.3) is 0 Å². The minimum atomic E-state index is -0.419. The zero-order valence-corrected chi connectivity index (χ0v) is 21.4. The topological polar surface area (TPSA) is 79.4 Å². The zero-order chi connectivity index (χ0) is 25.9. The number of fused-ring (bicyclic) bond motifs is 1. The zero-order valence-electron chi connectivity index (χ0n) is 21.4. The summed E-state index contributed by atoms with van der Waals surface area (Å²) in [5.74, 6) is -0.0828. The summed E-state index contributed by atoms with van der Waals surface area (Å²) in [6, 6.07) is 13.3. The summed E-state index contributed by atoms with van der Waals surface area (Å²) in [7, 11) is 1.78. The Morgan fingerprint density at radius 2 is 1.68 bits per heavy atom. The number of hydrogen-bond donors (Lipinski definition) is 2. The van der Waals surface area contributed by atoms with Crippen molar-refractivity contribution in [3.63, 3.8) is 0 Å². The molecule has 0 aromatic heterocycles. The van der Waals surface area contributed by atoms with Crippen LogP contribution in [0.3, 0.4) is 0 Å². The van der Waals surface area contributed by atoms with Crippen molar-refractivity contribution in [2.75, 3.05) is 26.7 Å². The Labute approximate surface area is 217 Å².